The molecule has 0 saturated heterocycles. The van der Waals surface area contributed by atoms with Crippen LogP contribution in [0.25, 0.3) is 0 Å². The van der Waals surface area contributed by atoms with Gasteiger partial charge >= 0.3 is 5.69 Å². The van der Waals surface area contributed by atoms with E-state index in [2.05, 4.69) is 31.3 Å². The van der Waals surface area contributed by atoms with Gasteiger partial charge in [-0.3, -0.25) is 10.1 Å². The number of aryl methyl sites for hydroxylation is 1. The van der Waals surface area contributed by atoms with Crippen LogP contribution in [0.5, 0.6) is 11.6 Å². The van der Waals surface area contributed by atoms with Gasteiger partial charge in [0.2, 0.25) is 11.6 Å². The van der Waals surface area contributed by atoms with Crippen molar-refractivity contribution in [3.05, 3.63) is 44.4 Å². The third-order valence-electron chi connectivity index (χ3n) is 2.38. The molecule has 0 radical (unpaired) electrons. The summed E-state index contributed by atoms with van der Waals surface area (Å²) in [4.78, 5) is 18.2. The van der Waals surface area contributed by atoms with Gasteiger partial charge in [-0.25, -0.2) is 15.2 Å². The molecule has 0 aliphatic heterocycles. The SMILES string of the molecule is Cc1nc(NN)cc(Oc2cc(F)c(Br)cc2[N+](=O)[O-])n1. The monoisotopic (exact) mass is 357 g/mol. The lowest BCUT2D eigenvalue weighted by Crippen LogP contribution is -2.10. The zero-order valence-corrected chi connectivity index (χ0v) is 12.2. The Morgan fingerprint density at radius 3 is 2.76 bits per heavy atom. The first-order valence-corrected chi connectivity index (χ1v) is 6.33. The first kappa shape index (κ1) is 15.1. The fraction of sp³-hybridized carbons (Fsp3) is 0.0909. The Morgan fingerprint density at radius 1 is 1.43 bits per heavy atom. The summed E-state index contributed by atoms with van der Waals surface area (Å²) < 4.78 is 18.8. The Kier molecular flexibility index (Phi) is 4.29. The van der Waals surface area contributed by atoms with Gasteiger partial charge in [0.15, 0.2) is 0 Å². The molecular formula is C11H9BrFN5O3. The molecule has 8 nitrogen and oxygen atoms in total. The lowest BCUT2D eigenvalue weighted by atomic mass is 10.3. The number of hydrogen-bond donors (Lipinski definition) is 2. The Morgan fingerprint density at radius 2 is 2.14 bits per heavy atom. The molecule has 0 bridgehead atoms. The maximum Gasteiger partial charge on any atom is 0.312 e. The first-order chi connectivity index (χ1) is 9.90. The van der Waals surface area contributed by atoms with Crippen molar-refractivity contribution in [2.75, 3.05) is 5.43 Å². The number of benzene rings is 1. The number of aromatic nitrogens is 2. The molecule has 0 atom stereocenters. The van der Waals surface area contributed by atoms with Crippen molar-refractivity contribution in [3.63, 3.8) is 0 Å². The molecule has 1 aromatic heterocycles. The predicted octanol–water partition coefficient (Wildman–Crippen LogP) is 2.67. The molecule has 2 aromatic rings. The molecule has 21 heavy (non-hydrogen) atoms. The van der Waals surface area contributed by atoms with Gasteiger partial charge in [-0.1, -0.05) is 0 Å². The van der Waals surface area contributed by atoms with Crippen molar-refractivity contribution >= 4 is 27.4 Å². The van der Waals surface area contributed by atoms with Crippen molar-refractivity contribution in [2.45, 2.75) is 6.92 Å². The average Bonchev–Trinajstić information content (AvgIpc) is 2.41. The number of halogens is 2. The second kappa shape index (κ2) is 5.97. The van der Waals surface area contributed by atoms with E-state index in [0.29, 0.717) is 5.82 Å². The zero-order valence-electron chi connectivity index (χ0n) is 10.6. The van der Waals surface area contributed by atoms with Crippen molar-refractivity contribution < 1.29 is 14.1 Å². The van der Waals surface area contributed by atoms with Crippen LogP contribution in [-0.4, -0.2) is 14.9 Å². The smallest absolute Gasteiger partial charge is 0.312 e. The van der Waals surface area contributed by atoms with E-state index in [1.54, 1.807) is 6.92 Å². The molecular weight excluding hydrogens is 349 g/mol. The van der Waals surface area contributed by atoms with E-state index in [-0.39, 0.29) is 21.9 Å². The fourth-order valence-electron chi connectivity index (χ4n) is 1.52. The summed E-state index contributed by atoms with van der Waals surface area (Å²) in [6.07, 6.45) is 0. The van der Waals surface area contributed by atoms with Crippen LogP contribution < -0.4 is 16.0 Å². The van der Waals surface area contributed by atoms with Gasteiger partial charge in [0, 0.05) is 18.2 Å². The predicted molar refractivity (Wildman–Crippen MR) is 75.4 cm³/mol. The highest BCUT2D eigenvalue weighted by Gasteiger charge is 2.20. The van der Waals surface area contributed by atoms with E-state index in [1.165, 1.54) is 6.07 Å². The van der Waals surface area contributed by atoms with Gasteiger partial charge in [0.05, 0.1) is 9.40 Å². The maximum absolute atomic E-state index is 13.5. The molecule has 10 heteroatoms. The van der Waals surface area contributed by atoms with Gasteiger partial charge < -0.3 is 10.2 Å². The van der Waals surface area contributed by atoms with E-state index < -0.39 is 16.4 Å². The number of nitro benzene ring substituents is 1. The zero-order chi connectivity index (χ0) is 15.6. The van der Waals surface area contributed by atoms with Crippen LogP contribution in [0.3, 0.4) is 0 Å². The minimum absolute atomic E-state index is 0.000252. The number of nitrogens with one attached hydrogen (secondary N) is 1. The Balaban J connectivity index is 2.46. The van der Waals surface area contributed by atoms with Crippen LogP contribution in [0.1, 0.15) is 5.82 Å². The molecule has 1 aromatic carbocycles. The van der Waals surface area contributed by atoms with Crippen LogP contribution in [0.2, 0.25) is 0 Å². The average molecular weight is 358 g/mol. The summed E-state index contributed by atoms with van der Waals surface area (Å²) in [7, 11) is 0. The summed E-state index contributed by atoms with van der Waals surface area (Å²) in [6.45, 7) is 1.59. The Labute approximate surface area is 126 Å². The molecule has 0 aliphatic carbocycles. The van der Waals surface area contributed by atoms with E-state index in [4.69, 9.17) is 10.6 Å². The number of nitro groups is 1. The van der Waals surface area contributed by atoms with Crippen LogP contribution in [0, 0.1) is 22.9 Å². The highest BCUT2D eigenvalue weighted by atomic mass is 79.9. The molecule has 1 heterocycles. The number of hydrogen-bond acceptors (Lipinski definition) is 7. The van der Waals surface area contributed by atoms with Gasteiger partial charge in [-0.15, -0.1) is 0 Å². The second-order valence-electron chi connectivity index (χ2n) is 3.88. The highest BCUT2D eigenvalue weighted by Crippen LogP contribution is 2.35. The highest BCUT2D eigenvalue weighted by molar-refractivity contribution is 9.10. The quantitative estimate of drug-likeness (QED) is 0.490. The van der Waals surface area contributed by atoms with Gasteiger partial charge in [-0.2, -0.15) is 4.98 Å². The number of ether oxygens (including phenoxy) is 1. The normalized spacial score (nSPS) is 10.3. The van der Waals surface area contributed by atoms with E-state index in [9.17, 15) is 14.5 Å². The number of rotatable bonds is 4. The molecule has 2 rings (SSSR count). The largest absolute Gasteiger partial charge is 0.431 e. The van der Waals surface area contributed by atoms with Gasteiger partial charge in [0.25, 0.3) is 0 Å². The summed E-state index contributed by atoms with van der Waals surface area (Å²) in [5.74, 6) is 4.86. The number of nitrogen functional groups attached to an aromatic ring is 1. The first-order valence-electron chi connectivity index (χ1n) is 5.54. The summed E-state index contributed by atoms with van der Waals surface area (Å²) in [5.41, 5.74) is 1.90. The molecule has 3 N–H and O–H groups in total. The van der Waals surface area contributed by atoms with E-state index in [0.717, 1.165) is 12.1 Å². The molecule has 0 spiro atoms. The summed E-state index contributed by atoms with van der Waals surface area (Å²) in [6, 6.07) is 3.24. The number of nitrogens with two attached hydrogens (primary N) is 1. The summed E-state index contributed by atoms with van der Waals surface area (Å²) >= 11 is 2.88. The van der Waals surface area contributed by atoms with Crippen LogP contribution >= 0.6 is 15.9 Å². The number of anilines is 1. The molecule has 110 valence electrons. The van der Waals surface area contributed by atoms with Crippen molar-refractivity contribution in [1.29, 1.82) is 0 Å². The fourth-order valence-corrected chi connectivity index (χ4v) is 1.85. The lowest BCUT2D eigenvalue weighted by Gasteiger charge is -2.08. The minimum atomic E-state index is -0.696. The van der Waals surface area contributed by atoms with E-state index in [1.807, 2.05) is 0 Å². The maximum atomic E-state index is 13.5. The molecule has 0 saturated carbocycles. The Bertz CT molecular complexity index is 712. The number of hydrazine groups is 1. The van der Waals surface area contributed by atoms with Gasteiger partial charge in [0.1, 0.15) is 17.5 Å². The summed E-state index contributed by atoms with van der Waals surface area (Å²) in [5, 5.41) is 11.0. The molecule has 0 amide bonds. The lowest BCUT2D eigenvalue weighted by molar-refractivity contribution is -0.385. The number of nitrogens with zero attached hydrogens (tertiary/aromatic N) is 3. The molecule has 0 unspecified atom stereocenters. The standard InChI is InChI=1S/C11H9BrFN5O3/c1-5-15-10(17-14)4-11(16-5)21-9-3-7(13)6(12)2-8(9)18(19)20/h2-4H,14H2,1H3,(H,15,16,17). The molecule has 0 fully saturated rings. The van der Waals surface area contributed by atoms with Crippen LogP contribution in [0.15, 0.2) is 22.7 Å². The van der Waals surface area contributed by atoms with Crippen LogP contribution in [-0.2, 0) is 0 Å². The minimum Gasteiger partial charge on any atom is -0.431 e. The third kappa shape index (κ3) is 3.41. The Hall–Kier alpha value is -2.33. The van der Waals surface area contributed by atoms with Crippen molar-refractivity contribution in [3.8, 4) is 11.6 Å². The van der Waals surface area contributed by atoms with Crippen molar-refractivity contribution in [1.82, 2.24) is 9.97 Å². The van der Waals surface area contributed by atoms with Crippen LogP contribution in [0.4, 0.5) is 15.9 Å². The second-order valence-corrected chi connectivity index (χ2v) is 4.73. The molecule has 0 aliphatic rings. The van der Waals surface area contributed by atoms with Crippen molar-refractivity contribution in [2.24, 2.45) is 5.84 Å². The topological polar surface area (TPSA) is 116 Å². The third-order valence-corrected chi connectivity index (χ3v) is 2.98. The van der Waals surface area contributed by atoms with Gasteiger partial charge in [-0.05, 0) is 22.9 Å². The van der Waals surface area contributed by atoms with E-state index >= 15 is 0 Å².